The summed E-state index contributed by atoms with van der Waals surface area (Å²) in [4.78, 5) is 40.2. The Hall–Kier alpha value is -4.71. The summed E-state index contributed by atoms with van der Waals surface area (Å²) in [7, 11) is 0. The lowest BCUT2D eigenvalue weighted by atomic mass is 9.94. The SMILES string of the molecule is Cc1cccc(CNC(=O)c2ccccc2-c2ccccc2C(=O)N(CCC(=O)O)CCc2ccccc2C)c1. The number of nitrogens with one attached hydrogen (secondary N) is 1. The van der Waals surface area contributed by atoms with E-state index in [0.717, 1.165) is 22.3 Å². The molecule has 0 bridgehead atoms. The van der Waals surface area contributed by atoms with E-state index < -0.39 is 5.97 Å². The number of amides is 2. The monoisotopic (exact) mass is 534 g/mol. The van der Waals surface area contributed by atoms with Crippen molar-refractivity contribution >= 4 is 17.8 Å². The highest BCUT2D eigenvalue weighted by Gasteiger charge is 2.22. The summed E-state index contributed by atoms with van der Waals surface area (Å²) in [5.74, 6) is -1.46. The van der Waals surface area contributed by atoms with E-state index >= 15 is 0 Å². The third-order valence-corrected chi connectivity index (χ3v) is 6.95. The van der Waals surface area contributed by atoms with E-state index in [4.69, 9.17) is 0 Å². The minimum Gasteiger partial charge on any atom is -0.481 e. The Labute approximate surface area is 235 Å². The summed E-state index contributed by atoms with van der Waals surface area (Å²) >= 11 is 0. The molecule has 4 aromatic carbocycles. The van der Waals surface area contributed by atoms with Crippen LogP contribution in [0.25, 0.3) is 11.1 Å². The Kier molecular flexibility index (Phi) is 9.47. The third kappa shape index (κ3) is 7.23. The molecule has 6 heteroatoms. The van der Waals surface area contributed by atoms with Gasteiger partial charge >= 0.3 is 5.97 Å². The van der Waals surface area contributed by atoms with Gasteiger partial charge in [-0.1, -0.05) is 90.5 Å². The van der Waals surface area contributed by atoms with Gasteiger partial charge in [0.25, 0.3) is 11.8 Å². The molecule has 0 spiro atoms. The van der Waals surface area contributed by atoms with Crippen LogP contribution in [0, 0.1) is 13.8 Å². The first kappa shape index (κ1) is 28.3. The fourth-order valence-corrected chi connectivity index (χ4v) is 4.78. The summed E-state index contributed by atoms with van der Waals surface area (Å²) in [5, 5.41) is 12.3. The van der Waals surface area contributed by atoms with Crippen LogP contribution < -0.4 is 5.32 Å². The van der Waals surface area contributed by atoms with Crippen molar-refractivity contribution in [2.45, 2.75) is 33.2 Å². The topological polar surface area (TPSA) is 86.7 Å². The third-order valence-electron chi connectivity index (χ3n) is 6.95. The van der Waals surface area contributed by atoms with Crippen molar-refractivity contribution in [1.82, 2.24) is 10.2 Å². The van der Waals surface area contributed by atoms with Crippen molar-refractivity contribution < 1.29 is 19.5 Å². The first-order valence-corrected chi connectivity index (χ1v) is 13.4. The molecule has 4 rings (SSSR count). The smallest absolute Gasteiger partial charge is 0.305 e. The lowest BCUT2D eigenvalue weighted by Gasteiger charge is -2.24. The van der Waals surface area contributed by atoms with E-state index in [1.807, 2.05) is 86.6 Å². The highest BCUT2D eigenvalue weighted by Crippen LogP contribution is 2.28. The van der Waals surface area contributed by atoms with Gasteiger partial charge in [-0.3, -0.25) is 14.4 Å². The van der Waals surface area contributed by atoms with Crippen molar-refractivity contribution in [3.63, 3.8) is 0 Å². The molecule has 0 fully saturated rings. The molecule has 0 unspecified atom stereocenters. The molecule has 0 saturated carbocycles. The molecule has 2 N–H and O–H groups in total. The van der Waals surface area contributed by atoms with Gasteiger partial charge in [0.15, 0.2) is 0 Å². The molecule has 2 amide bonds. The zero-order chi connectivity index (χ0) is 28.5. The summed E-state index contributed by atoms with van der Waals surface area (Å²) < 4.78 is 0. The van der Waals surface area contributed by atoms with Crippen LogP contribution in [0.4, 0.5) is 0 Å². The van der Waals surface area contributed by atoms with Gasteiger partial charge in [0.2, 0.25) is 0 Å². The predicted molar refractivity (Wildman–Crippen MR) is 157 cm³/mol. The van der Waals surface area contributed by atoms with E-state index in [9.17, 15) is 19.5 Å². The molecule has 0 aromatic heterocycles. The maximum atomic E-state index is 13.9. The number of aliphatic carboxylic acids is 1. The highest BCUT2D eigenvalue weighted by atomic mass is 16.4. The van der Waals surface area contributed by atoms with Gasteiger partial charge in [0.1, 0.15) is 0 Å². The average molecular weight is 535 g/mol. The summed E-state index contributed by atoms with van der Waals surface area (Å²) in [5.41, 5.74) is 6.52. The predicted octanol–water partition coefficient (Wildman–Crippen LogP) is 6.06. The van der Waals surface area contributed by atoms with Crippen molar-refractivity contribution in [3.8, 4) is 11.1 Å². The second-order valence-electron chi connectivity index (χ2n) is 9.88. The number of rotatable bonds is 11. The van der Waals surface area contributed by atoms with Crippen molar-refractivity contribution in [3.05, 3.63) is 130 Å². The van der Waals surface area contributed by atoms with Crippen LogP contribution in [0.2, 0.25) is 0 Å². The minimum absolute atomic E-state index is 0.0903. The normalized spacial score (nSPS) is 10.7. The van der Waals surface area contributed by atoms with Crippen LogP contribution in [-0.4, -0.2) is 40.9 Å². The summed E-state index contributed by atoms with van der Waals surface area (Å²) in [6, 6.07) is 30.4. The number of carboxylic acid groups (broad SMARTS) is 1. The molecule has 204 valence electrons. The molecule has 0 aliphatic rings. The lowest BCUT2D eigenvalue weighted by Crippen LogP contribution is -2.35. The molecule has 0 heterocycles. The number of carbonyl (C=O) groups is 3. The number of nitrogens with zero attached hydrogens (tertiary/aromatic N) is 1. The van der Waals surface area contributed by atoms with E-state index in [1.54, 1.807) is 29.2 Å². The molecule has 0 aliphatic carbocycles. The molecule has 0 radical (unpaired) electrons. The Morgan fingerprint density at radius 1 is 0.750 bits per heavy atom. The van der Waals surface area contributed by atoms with E-state index in [1.165, 1.54) is 0 Å². The first-order chi connectivity index (χ1) is 19.3. The van der Waals surface area contributed by atoms with Crippen molar-refractivity contribution in [1.29, 1.82) is 0 Å². The number of aryl methyl sites for hydroxylation is 2. The fourth-order valence-electron chi connectivity index (χ4n) is 4.78. The highest BCUT2D eigenvalue weighted by molar-refractivity contribution is 6.06. The molecule has 0 saturated heterocycles. The van der Waals surface area contributed by atoms with Gasteiger partial charge in [-0.15, -0.1) is 0 Å². The second kappa shape index (κ2) is 13.4. The van der Waals surface area contributed by atoms with Gasteiger partial charge in [0, 0.05) is 30.8 Å². The number of benzene rings is 4. The lowest BCUT2D eigenvalue weighted by molar-refractivity contribution is -0.137. The largest absolute Gasteiger partial charge is 0.481 e. The van der Waals surface area contributed by atoms with E-state index in [-0.39, 0.29) is 24.8 Å². The van der Waals surface area contributed by atoms with Crippen LogP contribution in [0.1, 0.15) is 49.4 Å². The quantitative estimate of drug-likeness (QED) is 0.245. The number of hydrogen-bond donors (Lipinski definition) is 2. The maximum Gasteiger partial charge on any atom is 0.305 e. The van der Waals surface area contributed by atoms with Gasteiger partial charge in [-0.2, -0.15) is 0 Å². The number of carbonyl (C=O) groups excluding carboxylic acids is 2. The van der Waals surface area contributed by atoms with Gasteiger partial charge in [0.05, 0.1) is 6.42 Å². The van der Waals surface area contributed by atoms with E-state index in [2.05, 4.69) is 5.32 Å². The maximum absolute atomic E-state index is 13.9. The Morgan fingerprint density at radius 2 is 1.40 bits per heavy atom. The van der Waals surface area contributed by atoms with Crippen molar-refractivity contribution in [2.24, 2.45) is 0 Å². The Bertz CT molecular complexity index is 1510. The Balaban J connectivity index is 1.61. The molecular formula is C34H34N2O4. The van der Waals surface area contributed by atoms with Crippen LogP contribution >= 0.6 is 0 Å². The van der Waals surface area contributed by atoms with Crippen LogP contribution in [0.3, 0.4) is 0 Å². The van der Waals surface area contributed by atoms with Crippen LogP contribution in [-0.2, 0) is 17.8 Å². The van der Waals surface area contributed by atoms with Gasteiger partial charge in [-0.05, 0) is 60.2 Å². The van der Waals surface area contributed by atoms with E-state index in [0.29, 0.717) is 41.8 Å². The number of hydrogen-bond acceptors (Lipinski definition) is 3. The zero-order valence-electron chi connectivity index (χ0n) is 22.9. The zero-order valence-corrected chi connectivity index (χ0v) is 22.9. The first-order valence-electron chi connectivity index (χ1n) is 13.4. The Morgan fingerprint density at radius 3 is 2.10 bits per heavy atom. The fraction of sp³-hybridized carbons (Fsp3) is 0.206. The molecule has 0 atom stereocenters. The second-order valence-corrected chi connectivity index (χ2v) is 9.88. The van der Waals surface area contributed by atoms with Gasteiger partial charge < -0.3 is 15.3 Å². The molecule has 6 nitrogen and oxygen atoms in total. The average Bonchev–Trinajstić information content (AvgIpc) is 2.96. The molecule has 4 aromatic rings. The van der Waals surface area contributed by atoms with Gasteiger partial charge in [-0.25, -0.2) is 0 Å². The van der Waals surface area contributed by atoms with Crippen LogP contribution in [0.5, 0.6) is 0 Å². The molecule has 0 aliphatic heterocycles. The molecule has 40 heavy (non-hydrogen) atoms. The van der Waals surface area contributed by atoms with Crippen molar-refractivity contribution in [2.75, 3.05) is 13.1 Å². The summed E-state index contributed by atoms with van der Waals surface area (Å²) in [6.07, 6.45) is 0.456. The standard InChI is InChI=1S/C34H34N2O4/c1-24-10-9-12-26(22-24)23-35-33(39)30-16-7-5-14-28(30)29-15-6-8-17-31(29)34(40)36(21-19-32(37)38)20-18-27-13-4-3-11-25(27)2/h3-17,22H,18-21,23H2,1-2H3,(H,35,39)(H,37,38). The summed E-state index contributed by atoms with van der Waals surface area (Å²) in [6.45, 7) is 4.89. The minimum atomic E-state index is -0.961. The van der Waals surface area contributed by atoms with Crippen LogP contribution in [0.15, 0.2) is 97.1 Å². The molecular weight excluding hydrogens is 500 g/mol. The number of carboxylic acids is 1.